The number of amides is 1. The van der Waals surface area contributed by atoms with Crippen LogP contribution in [0.3, 0.4) is 0 Å². The summed E-state index contributed by atoms with van der Waals surface area (Å²) in [6.07, 6.45) is 4.64. The van der Waals surface area contributed by atoms with Crippen molar-refractivity contribution in [2.24, 2.45) is 0 Å². The molecule has 0 heterocycles. The first-order chi connectivity index (χ1) is 4.95. The van der Waals surface area contributed by atoms with Gasteiger partial charge in [-0.1, -0.05) is 18.7 Å². The minimum atomic E-state index is -0.164. The molecule has 0 radical (unpaired) electrons. The summed E-state index contributed by atoms with van der Waals surface area (Å²) in [5.41, 5.74) is -0.164. The molecule has 0 aliphatic heterocycles. The molecule has 0 unspecified atom stereocenters. The summed E-state index contributed by atoms with van der Waals surface area (Å²) in [4.78, 5) is 11.0. The van der Waals surface area contributed by atoms with Crippen molar-refractivity contribution < 1.29 is 4.79 Å². The normalized spacial score (nSPS) is 11.5. The van der Waals surface area contributed by atoms with Crippen LogP contribution in [-0.2, 0) is 4.79 Å². The first-order valence-corrected chi connectivity index (χ1v) is 3.57. The van der Waals surface area contributed by atoms with Crippen molar-refractivity contribution in [3.63, 3.8) is 0 Å². The second-order valence-electron chi connectivity index (χ2n) is 3.33. The number of hydrogen-bond donors (Lipinski definition) is 1. The van der Waals surface area contributed by atoms with Crippen molar-refractivity contribution in [2.45, 2.75) is 26.3 Å². The smallest absolute Gasteiger partial charge is 0.244 e. The number of allylic oxidation sites excluding steroid dienone is 2. The zero-order chi connectivity index (χ0) is 8.91. The van der Waals surface area contributed by atoms with Crippen molar-refractivity contribution >= 4 is 5.91 Å². The Morgan fingerprint density at radius 1 is 1.45 bits per heavy atom. The van der Waals surface area contributed by atoms with Crippen LogP contribution in [0, 0.1) is 0 Å². The van der Waals surface area contributed by atoms with Gasteiger partial charge in [-0.15, -0.1) is 0 Å². The fourth-order valence-corrected chi connectivity index (χ4v) is 0.567. The molecular weight excluding hydrogens is 138 g/mol. The lowest BCUT2D eigenvalue weighted by Crippen LogP contribution is -2.39. The van der Waals surface area contributed by atoms with Crippen LogP contribution in [0.1, 0.15) is 20.8 Å². The molecule has 0 rings (SSSR count). The fraction of sp³-hybridized carbons (Fsp3) is 0.444. The summed E-state index contributed by atoms with van der Waals surface area (Å²) >= 11 is 0. The van der Waals surface area contributed by atoms with Crippen LogP contribution in [0.15, 0.2) is 24.8 Å². The second kappa shape index (κ2) is 3.96. The van der Waals surface area contributed by atoms with Gasteiger partial charge in [0.05, 0.1) is 0 Å². The Morgan fingerprint density at radius 3 is 2.36 bits per heavy atom. The van der Waals surface area contributed by atoms with Gasteiger partial charge in [0.15, 0.2) is 0 Å². The Hall–Kier alpha value is -1.05. The lowest BCUT2D eigenvalue weighted by Gasteiger charge is -2.18. The first kappa shape index (κ1) is 9.95. The fourth-order valence-electron chi connectivity index (χ4n) is 0.567. The van der Waals surface area contributed by atoms with E-state index in [1.165, 1.54) is 6.08 Å². The van der Waals surface area contributed by atoms with E-state index in [0.717, 1.165) is 0 Å². The van der Waals surface area contributed by atoms with Gasteiger partial charge in [0.2, 0.25) is 5.91 Å². The molecule has 11 heavy (non-hydrogen) atoms. The number of hydrogen-bond acceptors (Lipinski definition) is 1. The van der Waals surface area contributed by atoms with E-state index in [0.29, 0.717) is 0 Å². The molecule has 2 heteroatoms. The number of nitrogens with one attached hydrogen (secondary N) is 1. The zero-order valence-electron chi connectivity index (χ0n) is 7.35. The number of carbonyl (C=O) groups is 1. The van der Waals surface area contributed by atoms with Gasteiger partial charge in [-0.3, -0.25) is 4.79 Å². The third kappa shape index (κ3) is 6.84. The van der Waals surface area contributed by atoms with Crippen molar-refractivity contribution in [1.29, 1.82) is 0 Å². The van der Waals surface area contributed by atoms with Crippen molar-refractivity contribution in [3.05, 3.63) is 24.8 Å². The summed E-state index contributed by atoms with van der Waals surface area (Å²) in [6, 6.07) is 0. The predicted octanol–water partition coefficient (Wildman–Crippen LogP) is 1.64. The summed E-state index contributed by atoms with van der Waals surface area (Å²) in [5.74, 6) is -0.0857. The molecule has 1 N–H and O–H groups in total. The van der Waals surface area contributed by atoms with Gasteiger partial charge in [-0.2, -0.15) is 0 Å². The molecule has 62 valence electrons. The van der Waals surface area contributed by atoms with Crippen LogP contribution in [-0.4, -0.2) is 11.4 Å². The van der Waals surface area contributed by atoms with Gasteiger partial charge in [0.1, 0.15) is 0 Å². The van der Waals surface area contributed by atoms with E-state index in [1.807, 2.05) is 20.8 Å². The van der Waals surface area contributed by atoms with Crippen LogP contribution in [0.2, 0.25) is 0 Å². The highest BCUT2D eigenvalue weighted by Gasteiger charge is 2.10. The Balaban J connectivity index is 3.89. The maximum Gasteiger partial charge on any atom is 0.244 e. The molecule has 1 amide bonds. The Morgan fingerprint density at radius 2 is 2.00 bits per heavy atom. The van der Waals surface area contributed by atoms with Crippen molar-refractivity contribution in [3.8, 4) is 0 Å². The van der Waals surface area contributed by atoms with Crippen LogP contribution in [0.25, 0.3) is 0 Å². The molecule has 0 saturated carbocycles. The maximum atomic E-state index is 11.0. The molecule has 2 nitrogen and oxygen atoms in total. The van der Waals surface area contributed by atoms with Crippen LogP contribution < -0.4 is 5.32 Å². The monoisotopic (exact) mass is 153 g/mol. The standard InChI is InChI=1S/C9H15NO/c1-5-6-7-8(11)10-9(2,3)4/h5-7H,1H2,2-4H3,(H,10,11)/b7-6+. The summed E-state index contributed by atoms with van der Waals surface area (Å²) in [6.45, 7) is 9.27. The third-order valence-electron chi connectivity index (χ3n) is 0.882. The summed E-state index contributed by atoms with van der Waals surface area (Å²) < 4.78 is 0. The van der Waals surface area contributed by atoms with Crippen LogP contribution >= 0.6 is 0 Å². The maximum absolute atomic E-state index is 11.0. The van der Waals surface area contributed by atoms with Gasteiger partial charge in [-0.25, -0.2) is 0 Å². The van der Waals surface area contributed by atoms with E-state index in [2.05, 4.69) is 11.9 Å². The molecule has 0 spiro atoms. The second-order valence-corrected chi connectivity index (χ2v) is 3.33. The van der Waals surface area contributed by atoms with Gasteiger partial charge in [0, 0.05) is 11.6 Å². The molecular formula is C9H15NO. The molecule has 0 aromatic heterocycles. The van der Waals surface area contributed by atoms with E-state index in [4.69, 9.17) is 0 Å². The highest BCUT2D eigenvalue weighted by atomic mass is 16.1. The van der Waals surface area contributed by atoms with Gasteiger partial charge in [0.25, 0.3) is 0 Å². The van der Waals surface area contributed by atoms with Crippen molar-refractivity contribution in [2.75, 3.05) is 0 Å². The molecule has 0 atom stereocenters. The van der Waals surface area contributed by atoms with Gasteiger partial charge in [-0.05, 0) is 20.8 Å². The van der Waals surface area contributed by atoms with Crippen molar-refractivity contribution in [1.82, 2.24) is 5.32 Å². The highest BCUT2D eigenvalue weighted by Crippen LogP contribution is 1.97. The molecule has 0 aromatic rings. The van der Waals surface area contributed by atoms with E-state index < -0.39 is 0 Å². The van der Waals surface area contributed by atoms with E-state index >= 15 is 0 Å². The quantitative estimate of drug-likeness (QED) is 0.474. The highest BCUT2D eigenvalue weighted by molar-refractivity contribution is 5.88. The predicted molar refractivity (Wildman–Crippen MR) is 47.2 cm³/mol. The van der Waals surface area contributed by atoms with E-state index in [-0.39, 0.29) is 11.4 Å². The Bertz CT molecular complexity index is 174. The Kier molecular flexibility index (Phi) is 3.58. The molecule has 0 bridgehead atoms. The molecule has 0 saturated heterocycles. The minimum Gasteiger partial charge on any atom is -0.348 e. The SMILES string of the molecule is C=C/C=C/C(=O)NC(C)(C)C. The number of rotatable bonds is 2. The molecule has 0 aliphatic rings. The van der Waals surface area contributed by atoms with Crippen LogP contribution in [0.5, 0.6) is 0 Å². The van der Waals surface area contributed by atoms with E-state index in [1.54, 1.807) is 12.2 Å². The average Bonchev–Trinajstić information content (AvgIpc) is 1.79. The van der Waals surface area contributed by atoms with Crippen LogP contribution in [0.4, 0.5) is 0 Å². The molecule has 0 aliphatic carbocycles. The van der Waals surface area contributed by atoms with E-state index in [9.17, 15) is 4.79 Å². The molecule has 0 fully saturated rings. The summed E-state index contributed by atoms with van der Waals surface area (Å²) in [7, 11) is 0. The largest absolute Gasteiger partial charge is 0.348 e. The number of carbonyl (C=O) groups excluding carboxylic acids is 1. The first-order valence-electron chi connectivity index (χ1n) is 3.57. The lowest BCUT2D eigenvalue weighted by molar-refractivity contribution is -0.117. The summed E-state index contributed by atoms with van der Waals surface area (Å²) in [5, 5.41) is 2.78. The zero-order valence-corrected chi connectivity index (χ0v) is 7.35. The Labute approximate surface area is 68.0 Å². The average molecular weight is 153 g/mol. The van der Waals surface area contributed by atoms with Gasteiger partial charge >= 0.3 is 0 Å². The topological polar surface area (TPSA) is 29.1 Å². The minimum absolute atomic E-state index is 0.0857. The molecule has 0 aromatic carbocycles. The third-order valence-corrected chi connectivity index (χ3v) is 0.882. The lowest BCUT2D eigenvalue weighted by atomic mass is 10.1. The van der Waals surface area contributed by atoms with Gasteiger partial charge < -0.3 is 5.32 Å².